The molecular weight excluding hydrogens is 306 g/mol. The van der Waals surface area contributed by atoms with Crippen molar-refractivity contribution in [3.63, 3.8) is 0 Å². The second-order valence-corrected chi connectivity index (χ2v) is 6.35. The highest BCUT2D eigenvalue weighted by atomic mass is 79.9. The van der Waals surface area contributed by atoms with Crippen LogP contribution in [0, 0.1) is 5.41 Å². The highest BCUT2D eigenvalue weighted by Crippen LogP contribution is 2.36. The zero-order valence-corrected chi connectivity index (χ0v) is 13.2. The van der Waals surface area contributed by atoms with E-state index < -0.39 is 5.41 Å². The maximum absolute atomic E-state index is 12.0. The summed E-state index contributed by atoms with van der Waals surface area (Å²) in [6, 6.07) is 10.1. The lowest BCUT2D eigenvalue weighted by atomic mass is 9.86. The lowest BCUT2D eigenvalue weighted by molar-refractivity contribution is -0.154. The average Bonchev–Trinajstić information content (AvgIpc) is 2.39. The number of ether oxygens (including phenoxy) is 1. The van der Waals surface area contributed by atoms with Crippen molar-refractivity contribution in [1.82, 2.24) is 0 Å². The zero-order valence-electron chi connectivity index (χ0n) is 11.6. The summed E-state index contributed by atoms with van der Waals surface area (Å²) in [7, 11) is 0. The van der Waals surface area contributed by atoms with Gasteiger partial charge in [0.2, 0.25) is 0 Å². The molecule has 0 saturated carbocycles. The van der Waals surface area contributed by atoms with E-state index in [-0.39, 0.29) is 10.8 Å². The van der Waals surface area contributed by atoms with Crippen molar-refractivity contribution in [2.75, 3.05) is 13.2 Å². The van der Waals surface area contributed by atoms with Gasteiger partial charge in [-0.05, 0) is 38.8 Å². The van der Waals surface area contributed by atoms with Gasteiger partial charge in [0.25, 0.3) is 0 Å². The van der Waals surface area contributed by atoms with E-state index in [4.69, 9.17) is 10.5 Å². The third kappa shape index (κ3) is 5.33. The Hall–Kier alpha value is -0.870. The second kappa shape index (κ2) is 7.65. The first-order valence-electron chi connectivity index (χ1n) is 6.53. The molecule has 1 aromatic carbocycles. The van der Waals surface area contributed by atoms with Crippen LogP contribution in [0.3, 0.4) is 0 Å². The predicted octanol–water partition coefficient (Wildman–Crippen LogP) is 3.43. The maximum Gasteiger partial charge on any atom is 0.311 e. The Morgan fingerprint density at radius 1 is 1.37 bits per heavy atom. The van der Waals surface area contributed by atoms with Crippen molar-refractivity contribution in [3.05, 3.63) is 35.9 Å². The van der Waals surface area contributed by atoms with E-state index in [1.165, 1.54) is 5.56 Å². The molecule has 0 radical (unpaired) electrons. The first-order valence-corrected chi connectivity index (χ1v) is 7.45. The molecule has 0 saturated heterocycles. The lowest BCUT2D eigenvalue weighted by Crippen LogP contribution is -2.28. The van der Waals surface area contributed by atoms with Crippen LogP contribution >= 0.6 is 15.9 Å². The van der Waals surface area contributed by atoms with Gasteiger partial charge in [0.1, 0.15) is 0 Å². The van der Waals surface area contributed by atoms with Crippen LogP contribution in [-0.4, -0.2) is 19.1 Å². The van der Waals surface area contributed by atoms with Crippen LogP contribution < -0.4 is 5.73 Å². The Bertz CT molecular complexity index is 392. The fourth-order valence-electron chi connectivity index (χ4n) is 1.75. The quantitative estimate of drug-likeness (QED) is 0.474. The molecule has 0 amide bonds. The number of carbonyl (C=O) groups is 1. The molecule has 106 valence electrons. The molecule has 4 heteroatoms. The molecule has 0 aliphatic heterocycles. The Balaban J connectivity index is 2.56. The van der Waals surface area contributed by atoms with Crippen molar-refractivity contribution in [2.45, 2.75) is 31.5 Å². The van der Waals surface area contributed by atoms with Gasteiger partial charge in [0.15, 0.2) is 0 Å². The van der Waals surface area contributed by atoms with E-state index in [0.29, 0.717) is 26.0 Å². The standard InChI is InChI=1S/C15H22BrNO2/c1-15(2,14(18)19-10-6-9-17)11-13(16)12-7-4-3-5-8-12/h3-5,7-8,13H,6,9-11,17H2,1-2H3. The molecule has 0 spiro atoms. The number of hydrogen-bond donors (Lipinski definition) is 1. The molecule has 1 aromatic rings. The molecule has 0 aliphatic carbocycles. The van der Waals surface area contributed by atoms with Gasteiger partial charge in [0.05, 0.1) is 12.0 Å². The normalized spacial score (nSPS) is 13.1. The van der Waals surface area contributed by atoms with E-state index in [0.717, 1.165) is 0 Å². The van der Waals surface area contributed by atoms with Crippen LogP contribution in [0.25, 0.3) is 0 Å². The van der Waals surface area contributed by atoms with Crippen molar-refractivity contribution in [1.29, 1.82) is 0 Å². The number of alkyl halides is 1. The fourth-order valence-corrected chi connectivity index (χ4v) is 2.87. The van der Waals surface area contributed by atoms with Gasteiger partial charge in [-0.3, -0.25) is 4.79 Å². The van der Waals surface area contributed by atoms with Crippen molar-refractivity contribution in [2.24, 2.45) is 11.1 Å². The van der Waals surface area contributed by atoms with Crippen LogP contribution in [-0.2, 0) is 9.53 Å². The number of nitrogens with two attached hydrogens (primary N) is 1. The number of carbonyl (C=O) groups excluding carboxylic acids is 1. The smallest absolute Gasteiger partial charge is 0.311 e. The average molecular weight is 328 g/mol. The number of hydrogen-bond acceptors (Lipinski definition) is 3. The summed E-state index contributed by atoms with van der Waals surface area (Å²) in [5.74, 6) is -0.165. The SMILES string of the molecule is CC(C)(CC(Br)c1ccccc1)C(=O)OCCCN. The third-order valence-electron chi connectivity index (χ3n) is 2.98. The van der Waals surface area contributed by atoms with E-state index in [1.54, 1.807) is 0 Å². The Kier molecular flexibility index (Phi) is 6.52. The highest BCUT2D eigenvalue weighted by molar-refractivity contribution is 9.09. The summed E-state index contributed by atoms with van der Waals surface area (Å²) in [6.07, 6.45) is 1.40. The van der Waals surface area contributed by atoms with Crippen LogP contribution in [0.15, 0.2) is 30.3 Å². The minimum atomic E-state index is -0.515. The second-order valence-electron chi connectivity index (χ2n) is 5.24. The fraction of sp³-hybridized carbons (Fsp3) is 0.533. The lowest BCUT2D eigenvalue weighted by Gasteiger charge is -2.25. The summed E-state index contributed by atoms with van der Waals surface area (Å²) in [4.78, 5) is 12.2. The molecule has 0 aromatic heterocycles. The molecule has 3 nitrogen and oxygen atoms in total. The van der Waals surface area contributed by atoms with E-state index in [9.17, 15) is 4.79 Å². The molecular formula is C15H22BrNO2. The maximum atomic E-state index is 12.0. The van der Waals surface area contributed by atoms with Gasteiger partial charge in [-0.15, -0.1) is 0 Å². The van der Waals surface area contributed by atoms with E-state index >= 15 is 0 Å². The first kappa shape index (κ1) is 16.2. The van der Waals surface area contributed by atoms with Crippen molar-refractivity contribution in [3.8, 4) is 0 Å². The molecule has 0 heterocycles. The van der Waals surface area contributed by atoms with Gasteiger partial charge in [0, 0.05) is 4.83 Å². The Labute approximate surface area is 123 Å². The number of rotatable bonds is 7. The Morgan fingerprint density at radius 2 is 2.00 bits per heavy atom. The van der Waals surface area contributed by atoms with Gasteiger partial charge in [-0.2, -0.15) is 0 Å². The summed E-state index contributed by atoms with van der Waals surface area (Å²) < 4.78 is 5.24. The first-order chi connectivity index (χ1) is 8.97. The van der Waals surface area contributed by atoms with Crippen LogP contribution in [0.2, 0.25) is 0 Å². The number of benzene rings is 1. The monoisotopic (exact) mass is 327 g/mol. The molecule has 0 aliphatic rings. The van der Waals surface area contributed by atoms with Crippen LogP contribution in [0.1, 0.15) is 37.1 Å². The van der Waals surface area contributed by atoms with Gasteiger partial charge in [-0.25, -0.2) is 0 Å². The van der Waals surface area contributed by atoms with Crippen LogP contribution in [0.4, 0.5) is 0 Å². The van der Waals surface area contributed by atoms with E-state index in [2.05, 4.69) is 28.1 Å². The molecule has 2 N–H and O–H groups in total. The van der Waals surface area contributed by atoms with Crippen molar-refractivity contribution >= 4 is 21.9 Å². The highest BCUT2D eigenvalue weighted by Gasteiger charge is 2.32. The molecule has 1 unspecified atom stereocenters. The minimum absolute atomic E-state index is 0.144. The summed E-state index contributed by atoms with van der Waals surface area (Å²) in [5, 5.41) is 0. The zero-order chi connectivity index (χ0) is 14.3. The molecule has 1 atom stereocenters. The van der Waals surface area contributed by atoms with E-state index in [1.807, 2.05) is 32.0 Å². The largest absolute Gasteiger partial charge is 0.465 e. The topological polar surface area (TPSA) is 52.3 Å². The Morgan fingerprint density at radius 3 is 2.58 bits per heavy atom. The molecule has 1 rings (SSSR count). The summed E-state index contributed by atoms with van der Waals surface area (Å²) >= 11 is 3.64. The van der Waals surface area contributed by atoms with Crippen molar-refractivity contribution < 1.29 is 9.53 Å². The van der Waals surface area contributed by atoms with Gasteiger partial charge < -0.3 is 10.5 Å². The van der Waals surface area contributed by atoms with Crippen LogP contribution in [0.5, 0.6) is 0 Å². The summed E-state index contributed by atoms with van der Waals surface area (Å²) in [6.45, 7) is 4.76. The predicted molar refractivity (Wildman–Crippen MR) is 81.1 cm³/mol. The minimum Gasteiger partial charge on any atom is -0.465 e. The molecule has 0 fully saturated rings. The molecule has 0 bridgehead atoms. The summed E-state index contributed by atoms with van der Waals surface area (Å²) in [5.41, 5.74) is 6.04. The third-order valence-corrected chi connectivity index (χ3v) is 3.84. The van der Waals surface area contributed by atoms with Gasteiger partial charge in [-0.1, -0.05) is 46.3 Å². The molecule has 19 heavy (non-hydrogen) atoms. The number of halogens is 1. The van der Waals surface area contributed by atoms with Gasteiger partial charge >= 0.3 is 5.97 Å². The number of esters is 1.